The van der Waals surface area contributed by atoms with Crippen LogP contribution >= 0.6 is 15.9 Å². The molecule has 1 atom stereocenters. The van der Waals surface area contributed by atoms with Gasteiger partial charge in [-0.3, -0.25) is 0 Å². The first-order valence-electron chi connectivity index (χ1n) is 6.37. The molecule has 2 aromatic rings. The van der Waals surface area contributed by atoms with Crippen LogP contribution in [0, 0.1) is 0 Å². The molecule has 1 unspecified atom stereocenters. The molecule has 0 bridgehead atoms. The Bertz CT molecular complexity index is 482. The van der Waals surface area contributed by atoms with Crippen LogP contribution in [0.1, 0.15) is 24.5 Å². The van der Waals surface area contributed by atoms with Gasteiger partial charge in [0.2, 0.25) is 0 Å². The standard InChI is InChI=1S/C16H17BrO2/c17-14-8-10-15(11-9-14)19-12-4-7-16(18)13-5-2-1-3-6-13/h1-3,5-6,8-11,16,18H,4,7,12H2. The van der Waals surface area contributed by atoms with E-state index in [-0.39, 0.29) is 0 Å². The lowest BCUT2D eigenvalue weighted by Crippen LogP contribution is -2.02. The lowest BCUT2D eigenvalue weighted by molar-refractivity contribution is 0.155. The zero-order valence-corrected chi connectivity index (χ0v) is 12.2. The van der Waals surface area contributed by atoms with E-state index in [1.54, 1.807) is 0 Å². The molecule has 0 aromatic heterocycles. The molecule has 0 radical (unpaired) electrons. The van der Waals surface area contributed by atoms with Gasteiger partial charge in [0.1, 0.15) is 5.75 Å². The first-order valence-corrected chi connectivity index (χ1v) is 7.16. The lowest BCUT2D eigenvalue weighted by Gasteiger charge is -2.11. The van der Waals surface area contributed by atoms with Crippen LogP contribution in [0.3, 0.4) is 0 Å². The zero-order chi connectivity index (χ0) is 13.5. The molecule has 0 fully saturated rings. The summed E-state index contributed by atoms with van der Waals surface area (Å²) in [6.45, 7) is 0.617. The van der Waals surface area contributed by atoms with Crippen molar-refractivity contribution in [3.8, 4) is 5.75 Å². The second-order valence-electron chi connectivity index (χ2n) is 4.37. The van der Waals surface area contributed by atoms with Gasteiger partial charge in [-0.1, -0.05) is 46.3 Å². The van der Waals surface area contributed by atoms with Crippen molar-refractivity contribution in [2.24, 2.45) is 0 Å². The van der Waals surface area contributed by atoms with Gasteiger partial charge in [-0.15, -0.1) is 0 Å². The van der Waals surface area contributed by atoms with E-state index in [0.29, 0.717) is 13.0 Å². The number of hydrogen-bond donors (Lipinski definition) is 1. The molecular formula is C16H17BrO2. The fraction of sp³-hybridized carbons (Fsp3) is 0.250. The number of halogens is 1. The highest BCUT2D eigenvalue weighted by Gasteiger charge is 2.06. The molecule has 0 spiro atoms. The van der Waals surface area contributed by atoms with E-state index < -0.39 is 6.10 Å². The van der Waals surface area contributed by atoms with E-state index in [1.807, 2.05) is 54.6 Å². The number of benzene rings is 2. The molecule has 0 aliphatic rings. The molecule has 2 rings (SSSR count). The SMILES string of the molecule is OC(CCCOc1ccc(Br)cc1)c1ccccc1. The number of ether oxygens (including phenoxy) is 1. The molecule has 0 saturated heterocycles. The van der Waals surface area contributed by atoms with Crippen LogP contribution in [0.25, 0.3) is 0 Å². The van der Waals surface area contributed by atoms with E-state index in [0.717, 1.165) is 22.2 Å². The summed E-state index contributed by atoms with van der Waals surface area (Å²) in [4.78, 5) is 0. The summed E-state index contributed by atoms with van der Waals surface area (Å²) in [6.07, 6.45) is 1.13. The van der Waals surface area contributed by atoms with Gasteiger partial charge < -0.3 is 9.84 Å². The third kappa shape index (κ3) is 4.69. The van der Waals surface area contributed by atoms with Crippen molar-refractivity contribution in [1.29, 1.82) is 0 Å². The van der Waals surface area contributed by atoms with Crippen molar-refractivity contribution in [2.75, 3.05) is 6.61 Å². The molecule has 0 saturated carbocycles. The van der Waals surface area contributed by atoms with Gasteiger partial charge in [0.25, 0.3) is 0 Å². The first-order chi connectivity index (χ1) is 9.25. The van der Waals surface area contributed by atoms with Crippen LogP contribution in [-0.2, 0) is 0 Å². The quantitative estimate of drug-likeness (QED) is 0.802. The average molecular weight is 321 g/mol. The molecule has 1 N–H and O–H groups in total. The van der Waals surface area contributed by atoms with E-state index in [9.17, 15) is 5.11 Å². The topological polar surface area (TPSA) is 29.5 Å². The summed E-state index contributed by atoms with van der Waals surface area (Å²) in [5, 5.41) is 9.99. The van der Waals surface area contributed by atoms with Crippen LogP contribution in [0.2, 0.25) is 0 Å². The minimum absolute atomic E-state index is 0.408. The molecule has 100 valence electrons. The molecular weight excluding hydrogens is 304 g/mol. The molecule has 2 aromatic carbocycles. The van der Waals surface area contributed by atoms with Gasteiger partial charge in [0.15, 0.2) is 0 Å². The first kappa shape index (κ1) is 14.1. The fourth-order valence-corrected chi connectivity index (χ4v) is 2.10. The second-order valence-corrected chi connectivity index (χ2v) is 5.29. The number of rotatable bonds is 6. The van der Waals surface area contributed by atoms with Crippen molar-refractivity contribution in [2.45, 2.75) is 18.9 Å². The highest BCUT2D eigenvalue weighted by atomic mass is 79.9. The Labute approximate surface area is 122 Å². The van der Waals surface area contributed by atoms with Crippen LogP contribution in [-0.4, -0.2) is 11.7 Å². The summed E-state index contributed by atoms with van der Waals surface area (Å²) < 4.78 is 6.66. The third-order valence-corrected chi connectivity index (χ3v) is 3.42. The monoisotopic (exact) mass is 320 g/mol. The maximum atomic E-state index is 9.99. The van der Waals surface area contributed by atoms with E-state index in [4.69, 9.17) is 4.74 Å². The number of hydrogen-bond acceptors (Lipinski definition) is 2. The third-order valence-electron chi connectivity index (χ3n) is 2.89. The fourth-order valence-electron chi connectivity index (χ4n) is 1.84. The average Bonchev–Trinajstić information content (AvgIpc) is 2.46. The Hall–Kier alpha value is -1.32. The van der Waals surface area contributed by atoms with E-state index >= 15 is 0 Å². The van der Waals surface area contributed by atoms with Crippen molar-refractivity contribution in [1.82, 2.24) is 0 Å². The minimum Gasteiger partial charge on any atom is -0.494 e. The predicted molar refractivity (Wildman–Crippen MR) is 80.3 cm³/mol. The Morgan fingerprint density at radius 3 is 2.37 bits per heavy atom. The summed E-state index contributed by atoms with van der Waals surface area (Å²) >= 11 is 3.38. The number of aliphatic hydroxyl groups excluding tert-OH is 1. The molecule has 0 amide bonds. The van der Waals surface area contributed by atoms with Crippen LogP contribution in [0.5, 0.6) is 5.75 Å². The van der Waals surface area contributed by atoms with Crippen LogP contribution in [0.15, 0.2) is 59.1 Å². The van der Waals surface area contributed by atoms with Crippen molar-refractivity contribution >= 4 is 15.9 Å². The van der Waals surface area contributed by atoms with Crippen LogP contribution < -0.4 is 4.74 Å². The molecule has 3 heteroatoms. The molecule has 0 heterocycles. The summed E-state index contributed by atoms with van der Waals surface area (Å²) in [7, 11) is 0. The van der Waals surface area contributed by atoms with Crippen molar-refractivity contribution < 1.29 is 9.84 Å². The van der Waals surface area contributed by atoms with Crippen LogP contribution in [0.4, 0.5) is 0 Å². The molecule has 0 aliphatic heterocycles. The van der Waals surface area contributed by atoms with Gasteiger partial charge >= 0.3 is 0 Å². The Morgan fingerprint density at radius 2 is 1.68 bits per heavy atom. The summed E-state index contributed by atoms with van der Waals surface area (Å²) in [6, 6.07) is 17.5. The second kappa shape index (κ2) is 7.31. The highest BCUT2D eigenvalue weighted by molar-refractivity contribution is 9.10. The van der Waals surface area contributed by atoms with E-state index in [1.165, 1.54) is 0 Å². The minimum atomic E-state index is -0.408. The molecule has 19 heavy (non-hydrogen) atoms. The smallest absolute Gasteiger partial charge is 0.119 e. The largest absolute Gasteiger partial charge is 0.494 e. The maximum Gasteiger partial charge on any atom is 0.119 e. The summed E-state index contributed by atoms with van der Waals surface area (Å²) in [5.41, 5.74) is 0.964. The van der Waals surface area contributed by atoms with Crippen molar-refractivity contribution in [3.63, 3.8) is 0 Å². The molecule has 0 aliphatic carbocycles. The molecule has 2 nitrogen and oxygen atoms in total. The zero-order valence-electron chi connectivity index (χ0n) is 10.6. The Morgan fingerprint density at radius 1 is 1.00 bits per heavy atom. The normalized spacial score (nSPS) is 12.1. The predicted octanol–water partition coefficient (Wildman–Crippen LogP) is 4.34. The Balaban J connectivity index is 1.71. The van der Waals surface area contributed by atoms with Crippen molar-refractivity contribution in [3.05, 3.63) is 64.6 Å². The van der Waals surface area contributed by atoms with Gasteiger partial charge in [0, 0.05) is 4.47 Å². The summed E-state index contributed by atoms with van der Waals surface area (Å²) in [5.74, 6) is 0.859. The highest BCUT2D eigenvalue weighted by Crippen LogP contribution is 2.19. The lowest BCUT2D eigenvalue weighted by atomic mass is 10.1. The van der Waals surface area contributed by atoms with Gasteiger partial charge in [-0.05, 0) is 42.7 Å². The van der Waals surface area contributed by atoms with Gasteiger partial charge in [-0.25, -0.2) is 0 Å². The van der Waals surface area contributed by atoms with E-state index in [2.05, 4.69) is 15.9 Å². The Kier molecular flexibility index (Phi) is 5.43. The number of aliphatic hydroxyl groups is 1. The van der Waals surface area contributed by atoms with Gasteiger partial charge in [-0.2, -0.15) is 0 Å². The maximum absolute atomic E-state index is 9.99. The van der Waals surface area contributed by atoms with Gasteiger partial charge in [0.05, 0.1) is 12.7 Å².